The average molecular weight is 324 g/mol. The number of halogens is 1. The lowest BCUT2D eigenvalue weighted by atomic mass is 9.82. The van der Waals surface area contributed by atoms with Crippen molar-refractivity contribution in [2.24, 2.45) is 5.92 Å². The molecule has 3 unspecified atom stereocenters. The van der Waals surface area contributed by atoms with Crippen molar-refractivity contribution in [1.82, 2.24) is 4.90 Å². The number of rotatable bonds is 3. The van der Waals surface area contributed by atoms with Crippen LogP contribution >= 0.6 is 11.6 Å². The number of ether oxygens (including phenoxy) is 2. The number of hydrogen-bond donors (Lipinski definition) is 0. The van der Waals surface area contributed by atoms with E-state index in [1.807, 2.05) is 24.3 Å². The van der Waals surface area contributed by atoms with Gasteiger partial charge in [-0.05, 0) is 37.0 Å². The van der Waals surface area contributed by atoms with Gasteiger partial charge in [0.2, 0.25) is 0 Å². The topological polar surface area (TPSA) is 55.8 Å². The molecule has 2 aliphatic rings. The normalized spacial score (nSPS) is 28.1. The molecule has 0 aromatic heterocycles. The Labute approximate surface area is 134 Å². The molecular weight excluding hydrogens is 306 g/mol. The molecule has 6 heteroatoms. The van der Waals surface area contributed by atoms with Crippen LogP contribution in [0.25, 0.3) is 0 Å². The first-order valence-electron chi connectivity index (χ1n) is 7.38. The summed E-state index contributed by atoms with van der Waals surface area (Å²) in [6, 6.07) is 7.40. The molecule has 1 saturated heterocycles. The van der Waals surface area contributed by atoms with Gasteiger partial charge >= 0.3 is 12.1 Å². The lowest BCUT2D eigenvalue weighted by molar-refractivity contribution is -0.153. The predicted molar refractivity (Wildman–Crippen MR) is 80.8 cm³/mol. The SMILES string of the molecule is COc1ccc(CN2C(=O)OC(=O)C3CC(Cl)CCC32)cc1. The summed E-state index contributed by atoms with van der Waals surface area (Å²) in [4.78, 5) is 25.7. The van der Waals surface area contributed by atoms with Crippen LogP contribution in [0.3, 0.4) is 0 Å². The second-order valence-electron chi connectivity index (χ2n) is 5.75. The molecule has 1 amide bonds. The van der Waals surface area contributed by atoms with Crippen LogP contribution < -0.4 is 4.74 Å². The van der Waals surface area contributed by atoms with E-state index in [1.165, 1.54) is 0 Å². The smallest absolute Gasteiger partial charge is 0.418 e. The summed E-state index contributed by atoms with van der Waals surface area (Å²) in [5.41, 5.74) is 0.971. The van der Waals surface area contributed by atoms with Crippen molar-refractivity contribution in [2.45, 2.75) is 37.2 Å². The molecule has 1 saturated carbocycles. The number of nitrogens with zero attached hydrogens (tertiary/aromatic N) is 1. The zero-order chi connectivity index (χ0) is 15.7. The summed E-state index contributed by atoms with van der Waals surface area (Å²) in [6.45, 7) is 0.421. The first-order valence-corrected chi connectivity index (χ1v) is 7.81. The van der Waals surface area contributed by atoms with Crippen molar-refractivity contribution in [3.63, 3.8) is 0 Å². The van der Waals surface area contributed by atoms with Crippen LogP contribution in [0.4, 0.5) is 4.79 Å². The van der Waals surface area contributed by atoms with Crippen LogP contribution in [0, 0.1) is 5.92 Å². The minimum absolute atomic E-state index is 0.0233. The maximum absolute atomic E-state index is 12.1. The molecule has 1 aromatic rings. The third kappa shape index (κ3) is 2.90. The van der Waals surface area contributed by atoms with E-state index in [1.54, 1.807) is 12.0 Å². The van der Waals surface area contributed by atoms with Crippen molar-refractivity contribution in [1.29, 1.82) is 0 Å². The van der Waals surface area contributed by atoms with Crippen molar-refractivity contribution >= 4 is 23.7 Å². The Morgan fingerprint density at radius 3 is 2.68 bits per heavy atom. The molecule has 5 nitrogen and oxygen atoms in total. The average Bonchev–Trinajstić information content (AvgIpc) is 2.52. The first-order chi connectivity index (χ1) is 10.6. The number of benzene rings is 1. The number of hydrogen-bond acceptors (Lipinski definition) is 4. The number of carbonyl (C=O) groups excluding carboxylic acids is 2. The Balaban J connectivity index is 1.78. The highest BCUT2D eigenvalue weighted by molar-refractivity contribution is 6.20. The molecule has 2 fully saturated rings. The summed E-state index contributed by atoms with van der Waals surface area (Å²) in [5, 5.41) is -0.0233. The number of cyclic esters (lactones) is 2. The zero-order valence-electron chi connectivity index (χ0n) is 12.3. The summed E-state index contributed by atoms with van der Waals surface area (Å²) in [6.07, 6.45) is 1.55. The molecule has 0 radical (unpaired) electrons. The van der Waals surface area contributed by atoms with Gasteiger partial charge in [-0.1, -0.05) is 12.1 Å². The summed E-state index contributed by atoms with van der Waals surface area (Å²) in [5.74, 6) is 0.0132. The van der Waals surface area contributed by atoms with E-state index < -0.39 is 12.1 Å². The van der Waals surface area contributed by atoms with Gasteiger partial charge in [-0.15, -0.1) is 11.6 Å². The Morgan fingerprint density at radius 1 is 1.27 bits per heavy atom. The third-order valence-electron chi connectivity index (χ3n) is 4.39. The zero-order valence-corrected chi connectivity index (χ0v) is 13.1. The number of methoxy groups -OCH3 is 1. The molecule has 1 aliphatic heterocycles. The first kappa shape index (κ1) is 15.2. The van der Waals surface area contributed by atoms with Crippen LogP contribution in [-0.4, -0.2) is 35.5 Å². The van der Waals surface area contributed by atoms with Gasteiger partial charge in [0.1, 0.15) is 5.75 Å². The van der Waals surface area contributed by atoms with Gasteiger partial charge in [-0.2, -0.15) is 0 Å². The molecule has 3 atom stereocenters. The lowest BCUT2D eigenvalue weighted by Crippen LogP contribution is -2.55. The van der Waals surface area contributed by atoms with Crippen molar-refractivity contribution in [3.05, 3.63) is 29.8 Å². The van der Waals surface area contributed by atoms with Crippen LogP contribution in [0.5, 0.6) is 5.75 Å². The minimum atomic E-state index is -0.560. The summed E-state index contributed by atoms with van der Waals surface area (Å²) >= 11 is 6.15. The fourth-order valence-corrected chi connectivity index (χ4v) is 3.51. The van der Waals surface area contributed by atoms with Crippen LogP contribution in [0.15, 0.2) is 24.3 Å². The molecule has 22 heavy (non-hydrogen) atoms. The maximum Gasteiger partial charge on any atom is 0.418 e. The second-order valence-corrected chi connectivity index (χ2v) is 6.36. The van der Waals surface area contributed by atoms with E-state index in [0.29, 0.717) is 13.0 Å². The number of fused-ring (bicyclic) bond motifs is 1. The Morgan fingerprint density at radius 2 is 2.00 bits per heavy atom. The molecule has 1 heterocycles. The van der Waals surface area contributed by atoms with Gasteiger partial charge in [-0.25, -0.2) is 4.79 Å². The second kappa shape index (κ2) is 6.16. The molecule has 0 bridgehead atoms. The van der Waals surface area contributed by atoms with Crippen LogP contribution in [0.2, 0.25) is 0 Å². The van der Waals surface area contributed by atoms with E-state index in [4.69, 9.17) is 21.1 Å². The molecule has 0 spiro atoms. The van der Waals surface area contributed by atoms with Crippen molar-refractivity contribution in [2.75, 3.05) is 7.11 Å². The van der Waals surface area contributed by atoms with Crippen molar-refractivity contribution < 1.29 is 19.1 Å². The molecule has 0 N–H and O–H groups in total. The lowest BCUT2D eigenvalue weighted by Gasteiger charge is -2.42. The van der Waals surface area contributed by atoms with E-state index in [9.17, 15) is 9.59 Å². The molecule has 118 valence electrons. The highest BCUT2D eigenvalue weighted by Gasteiger charge is 2.46. The highest BCUT2D eigenvalue weighted by Crippen LogP contribution is 2.36. The monoisotopic (exact) mass is 323 g/mol. The van der Waals surface area contributed by atoms with E-state index in [0.717, 1.165) is 24.2 Å². The number of esters is 1. The highest BCUT2D eigenvalue weighted by atomic mass is 35.5. The Hall–Kier alpha value is -1.75. The Bertz CT molecular complexity index is 574. The van der Waals surface area contributed by atoms with E-state index >= 15 is 0 Å². The van der Waals surface area contributed by atoms with E-state index in [2.05, 4.69) is 0 Å². The summed E-state index contributed by atoms with van der Waals surface area (Å²) in [7, 11) is 1.61. The predicted octanol–water partition coefficient (Wildman–Crippen LogP) is 2.95. The molecule has 1 aromatic carbocycles. The fourth-order valence-electron chi connectivity index (χ4n) is 3.19. The molecular formula is C16H18ClNO4. The van der Waals surface area contributed by atoms with Crippen LogP contribution in [-0.2, 0) is 16.1 Å². The fraction of sp³-hybridized carbons (Fsp3) is 0.500. The van der Waals surface area contributed by atoms with Gasteiger partial charge in [0.05, 0.1) is 13.0 Å². The van der Waals surface area contributed by atoms with Gasteiger partial charge in [0.15, 0.2) is 0 Å². The van der Waals surface area contributed by atoms with Gasteiger partial charge in [0, 0.05) is 18.0 Å². The van der Waals surface area contributed by atoms with E-state index in [-0.39, 0.29) is 17.3 Å². The number of carbonyl (C=O) groups is 2. The third-order valence-corrected chi connectivity index (χ3v) is 4.78. The quantitative estimate of drug-likeness (QED) is 0.487. The maximum atomic E-state index is 12.1. The van der Waals surface area contributed by atoms with Gasteiger partial charge in [0.25, 0.3) is 0 Å². The number of amides is 1. The summed E-state index contributed by atoms with van der Waals surface area (Å²) < 4.78 is 10.0. The van der Waals surface area contributed by atoms with Gasteiger partial charge < -0.3 is 9.47 Å². The van der Waals surface area contributed by atoms with Gasteiger partial charge in [-0.3, -0.25) is 9.69 Å². The van der Waals surface area contributed by atoms with Crippen molar-refractivity contribution in [3.8, 4) is 5.75 Å². The van der Waals surface area contributed by atoms with Crippen LogP contribution in [0.1, 0.15) is 24.8 Å². The minimum Gasteiger partial charge on any atom is -0.497 e. The standard InChI is InChI=1S/C16H18ClNO4/c1-21-12-5-2-10(3-6-12)9-18-14-7-4-11(17)8-13(14)15(19)22-16(18)20/h2-3,5-6,11,13-14H,4,7-9H2,1H3. The number of alkyl halides is 1. The molecule has 1 aliphatic carbocycles. The largest absolute Gasteiger partial charge is 0.497 e. The Kier molecular flexibility index (Phi) is 4.25. The molecule has 3 rings (SSSR count).